The minimum atomic E-state index is 0.163. The van der Waals surface area contributed by atoms with Gasteiger partial charge in [0.2, 0.25) is 11.1 Å². The van der Waals surface area contributed by atoms with E-state index in [4.69, 9.17) is 9.84 Å². The number of fused-ring (bicyclic) bond motifs is 1. The van der Waals surface area contributed by atoms with Gasteiger partial charge in [0.05, 0.1) is 18.1 Å². The molecule has 0 bridgehead atoms. The summed E-state index contributed by atoms with van der Waals surface area (Å²) in [5, 5.41) is 13.7. The molecule has 0 spiro atoms. The van der Waals surface area contributed by atoms with Crippen LogP contribution >= 0.6 is 11.8 Å². The van der Waals surface area contributed by atoms with E-state index in [1.807, 2.05) is 48.2 Å². The number of rotatable bonds is 6. The summed E-state index contributed by atoms with van der Waals surface area (Å²) >= 11 is 1.39. The number of thioether (sulfide) groups is 1. The van der Waals surface area contributed by atoms with Crippen molar-refractivity contribution in [3.05, 3.63) is 36.4 Å². The third-order valence-electron chi connectivity index (χ3n) is 4.98. The molecule has 3 heterocycles. The maximum Gasteiger partial charge on any atom is 0.233 e. The van der Waals surface area contributed by atoms with Crippen LogP contribution in [-0.4, -0.2) is 56.1 Å². The Bertz CT molecular complexity index is 965. The summed E-state index contributed by atoms with van der Waals surface area (Å²) in [6, 6.07) is 11.7. The first-order valence-electron chi connectivity index (χ1n) is 10.1. The zero-order chi connectivity index (χ0) is 20.1. The molecule has 0 atom stereocenters. The van der Waals surface area contributed by atoms with Gasteiger partial charge in [0.1, 0.15) is 5.75 Å². The topological polar surface area (TPSA) is 72.6 Å². The zero-order valence-electron chi connectivity index (χ0n) is 16.6. The van der Waals surface area contributed by atoms with E-state index in [0.717, 1.165) is 42.9 Å². The molecule has 0 N–H and O–H groups in total. The molecule has 1 aliphatic rings. The van der Waals surface area contributed by atoms with E-state index in [1.165, 1.54) is 24.6 Å². The van der Waals surface area contributed by atoms with Crippen LogP contribution in [0.15, 0.2) is 41.6 Å². The predicted octanol–water partition coefficient (Wildman–Crippen LogP) is 3.68. The molecule has 1 saturated heterocycles. The van der Waals surface area contributed by atoms with Crippen molar-refractivity contribution >= 4 is 23.3 Å². The highest BCUT2D eigenvalue weighted by atomic mass is 32.2. The second-order valence-corrected chi connectivity index (χ2v) is 7.95. The van der Waals surface area contributed by atoms with Crippen LogP contribution in [0.2, 0.25) is 0 Å². The Hall–Kier alpha value is -2.61. The van der Waals surface area contributed by atoms with Crippen molar-refractivity contribution in [3.8, 4) is 17.0 Å². The van der Waals surface area contributed by atoms with Gasteiger partial charge in [-0.15, -0.1) is 10.2 Å². The van der Waals surface area contributed by atoms with Crippen LogP contribution in [-0.2, 0) is 4.79 Å². The molecule has 152 valence electrons. The number of ether oxygens (including phenoxy) is 1. The number of aromatic nitrogens is 4. The Morgan fingerprint density at radius 1 is 1.03 bits per heavy atom. The van der Waals surface area contributed by atoms with Crippen LogP contribution in [0.3, 0.4) is 0 Å². The number of carbonyl (C=O) groups is 1. The molecule has 8 heteroatoms. The third kappa shape index (κ3) is 4.70. The quantitative estimate of drug-likeness (QED) is 0.576. The number of likely N-dealkylation sites (tertiary alicyclic amines) is 1. The second kappa shape index (κ2) is 9.26. The minimum Gasteiger partial charge on any atom is -0.494 e. The van der Waals surface area contributed by atoms with E-state index < -0.39 is 0 Å². The van der Waals surface area contributed by atoms with Crippen LogP contribution in [0.4, 0.5) is 0 Å². The summed E-state index contributed by atoms with van der Waals surface area (Å²) in [7, 11) is 0. The van der Waals surface area contributed by atoms with Gasteiger partial charge in [0.15, 0.2) is 5.65 Å². The standard InChI is InChI=1S/C21H25N5O2S/c1-2-28-17-9-7-16(8-10-17)18-11-12-19-22-23-21(26(19)24-18)29-15-20(27)25-13-5-3-4-6-14-25/h7-12H,2-6,13-15H2,1H3. The normalized spacial score (nSPS) is 14.7. The first-order chi connectivity index (χ1) is 14.2. The maximum absolute atomic E-state index is 12.6. The molecular weight excluding hydrogens is 386 g/mol. The van der Waals surface area contributed by atoms with Gasteiger partial charge in [-0.1, -0.05) is 24.6 Å². The molecule has 0 saturated carbocycles. The molecule has 7 nitrogen and oxygen atoms in total. The molecule has 0 unspecified atom stereocenters. The summed E-state index contributed by atoms with van der Waals surface area (Å²) in [6.45, 7) is 4.33. The van der Waals surface area contributed by atoms with Crippen molar-refractivity contribution in [1.82, 2.24) is 24.7 Å². The number of hydrogen-bond acceptors (Lipinski definition) is 6. The zero-order valence-corrected chi connectivity index (χ0v) is 17.4. The summed E-state index contributed by atoms with van der Waals surface area (Å²) in [5.74, 6) is 1.36. The fraction of sp³-hybridized carbons (Fsp3) is 0.429. The third-order valence-corrected chi connectivity index (χ3v) is 5.88. The van der Waals surface area contributed by atoms with Crippen LogP contribution in [0, 0.1) is 0 Å². The molecule has 2 aromatic heterocycles. The smallest absolute Gasteiger partial charge is 0.233 e. The second-order valence-electron chi connectivity index (χ2n) is 7.01. The highest BCUT2D eigenvalue weighted by Gasteiger charge is 2.17. The van der Waals surface area contributed by atoms with Gasteiger partial charge in [-0.05, 0) is 56.2 Å². The molecule has 0 radical (unpaired) electrons. The van der Waals surface area contributed by atoms with E-state index in [2.05, 4.69) is 10.2 Å². The van der Waals surface area contributed by atoms with Gasteiger partial charge in [0, 0.05) is 18.7 Å². The van der Waals surface area contributed by atoms with E-state index in [-0.39, 0.29) is 5.91 Å². The lowest BCUT2D eigenvalue weighted by Gasteiger charge is -2.19. The Labute approximate surface area is 174 Å². The number of hydrogen-bond donors (Lipinski definition) is 0. The molecule has 1 fully saturated rings. The fourth-order valence-electron chi connectivity index (χ4n) is 3.44. The van der Waals surface area contributed by atoms with Gasteiger partial charge in [-0.3, -0.25) is 4.79 Å². The van der Waals surface area contributed by atoms with Crippen LogP contribution in [0.25, 0.3) is 16.9 Å². The van der Waals surface area contributed by atoms with Gasteiger partial charge >= 0.3 is 0 Å². The molecule has 1 aliphatic heterocycles. The molecule has 29 heavy (non-hydrogen) atoms. The average molecular weight is 412 g/mol. The van der Waals surface area contributed by atoms with Crippen molar-refractivity contribution in [2.45, 2.75) is 37.8 Å². The first kappa shape index (κ1) is 19.7. The van der Waals surface area contributed by atoms with Crippen LogP contribution < -0.4 is 4.74 Å². The highest BCUT2D eigenvalue weighted by Crippen LogP contribution is 2.23. The van der Waals surface area contributed by atoms with Crippen molar-refractivity contribution < 1.29 is 9.53 Å². The predicted molar refractivity (Wildman–Crippen MR) is 113 cm³/mol. The first-order valence-corrected chi connectivity index (χ1v) is 11.1. The van der Waals surface area contributed by atoms with Gasteiger partial charge in [-0.25, -0.2) is 0 Å². The van der Waals surface area contributed by atoms with E-state index in [1.54, 1.807) is 4.52 Å². The summed E-state index contributed by atoms with van der Waals surface area (Å²) in [5.41, 5.74) is 2.48. The Kier molecular flexibility index (Phi) is 6.29. The molecule has 3 aromatic rings. The van der Waals surface area contributed by atoms with Crippen LogP contribution in [0.1, 0.15) is 32.6 Å². The Morgan fingerprint density at radius 3 is 2.52 bits per heavy atom. The summed E-state index contributed by atoms with van der Waals surface area (Å²) in [6.07, 6.45) is 4.61. The highest BCUT2D eigenvalue weighted by molar-refractivity contribution is 7.99. The van der Waals surface area contributed by atoms with Gasteiger partial charge in [-0.2, -0.15) is 9.61 Å². The number of benzene rings is 1. The van der Waals surface area contributed by atoms with Crippen LogP contribution in [0.5, 0.6) is 5.75 Å². The lowest BCUT2D eigenvalue weighted by atomic mass is 10.1. The molecule has 1 aromatic carbocycles. The summed E-state index contributed by atoms with van der Waals surface area (Å²) < 4.78 is 7.22. The van der Waals surface area contributed by atoms with Crippen molar-refractivity contribution in [2.24, 2.45) is 0 Å². The minimum absolute atomic E-state index is 0.163. The van der Waals surface area contributed by atoms with E-state index >= 15 is 0 Å². The number of nitrogens with zero attached hydrogens (tertiary/aromatic N) is 5. The van der Waals surface area contributed by atoms with E-state index in [9.17, 15) is 4.79 Å². The molecule has 1 amide bonds. The molecule has 4 rings (SSSR count). The lowest BCUT2D eigenvalue weighted by molar-refractivity contribution is -0.128. The fourth-order valence-corrected chi connectivity index (χ4v) is 4.23. The largest absolute Gasteiger partial charge is 0.494 e. The van der Waals surface area contributed by atoms with E-state index in [0.29, 0.717) is 23.2 Å². The Balaban J connectivity index is 1.48. The van der Waals surface area contributed by atoms with Gasteiger partial charge in [0.25, 0.3) is 0 Å². The van der Waals surface area contributed by atoms with Gasteiger partial charge < -0.3 is 9.64 Å². The molecule has 0 aliphatic carbocycles. The SMILES string of the molecule is CCOc1ccc(-c2ccc3nnc(SCC(=O)N4CCCCCC4)n3n2)cc1. The average Bonchev–Trinajstić information content (AvgIpc) is 2.96. The Morgan fingerprint density at radius 2 is 1.79 bits per heavy atom. The number of amides is 1. The monoisotopic (exact) mass is 411 g/mol. The van der Waals surface area contributed by atoms with Crippen molar-refractivity contribution in [3.63, 3.8) is 0 Å². The summed E-state index contributed by atoms with van der Waals surface area (Å²) in [4.78, 5) is 14.5. The maximum atomic E-state index is 12.6. The van der Waals surface area contributed by atoms with Crippen molar-refractivity contribution in [2.75, 3.05) is 25.4 Å². The lowest BCUT2D eigenvalue weighted by Crippen LogP contribution is -2.33. The molecular formula is C21H25N5O2S. The van der Waals surface area contributed by atoms with Crippen molar-refractivity contribution in [1.29, 1.82) is 0 Å². The number of carbonyl (C=O) groups excluding carboxylic acids is 1.